The van der Waals surface area contributed by atoms with Crippen molar-refractivity contribution >= 4 is 0 Å². The Morgan fingerprint density at radius 3 is 3.36 bits per heavy atom. The van der Waals surface area contributed by atoms with Gasteiger partial charge in [0.25, 0.3) is 0 Å². The molecular weight excluding hydrogens is 138 g/mol. The van der Waals surface area contributed by atoms with E-state index in [4.69, 9.17) is 5.11 Å². The summed E-state index contributed by atoms with van der Waals surface area (Å²) in [5, 5.41) is 12.3. The van der Waals surface area contributed by atoms with Crippen LogP contribution in [0.2, 0.25) is 0 Å². The molecule has 0 amide bonds. The predicted octanol–water partition coefficient (Wildman–Crippen LogP) is 0.658. The monoisotopic (exact) mass is 151 g/mol. The summed E-state index contributed by atoms with van der Waals surface area (Å²) in [6.07, 6.45) is 7.45. The minimum absolute atomic E-state index is 0.308. The van der Waals surface area contributed by atoms with E-state index in [2.05, 4.69) is 23.5 Å². The molecule has 11 heavy (non-hydrogen) atoms. The zero-order valence-electron chi connectivity index (χ0n) is 6.46. The second kappa shape index (κ2) is 2.70. The van der Waals surface area contributed by atoms with Crippen molar-refractivity contribution in [1.29, 1.82) is 0 Å². The Kier molecular flexibility index (Phi) is 1.70. The maximum Gasteiger partial charge on any atom is 0.0482 e. The van der Waals surface area contributed by atoms with E-state index in [9.17, 15) is 0 Å². The number of allylic oxidation sites excluding steroid dienone is 4. The van der Waals surface area contributed by atoms with Gasteiger partial charge in [-0.05, 0) is 12.5 Å². The molecule has 1 aliphatic carbocycles. The lowest BCUT2D eigenvalue weighted by Crippen LogP contribution is -2.15. The third kappa shape index (κ3) is 1.07. The summed E-state index contributed by atoms with van der Waals surface area (Å²) in [6, 6.07) is 0. The lowest BCUT2D eigenvalue weighted by atomic mass is 9.89. The summed E-state index contributed by atoms with van der Waals surface area (Å²) >= 11 is 0. The third-order valence-electron chi connectivity index (χ3n) is 2.57. The van der Waals surface area contributed by atoms with Crippen molar-refractivity contribution in [3.05, 3.63) is 23.9 Å². The highest BCUT2D eigenvalue weighted by atomic mass is 16.3. The first-order chi connectivity index (χ1) is 5.42. The van der Waals surface area contributed by atoms with E-state index in [0.29, 0.717) is 18.4 Å². The quantitative estimate of drug-likeness (QED) is 0.577. The van der Waals surface area contributed by atoms with Crippen LogP contribution in [0.15, 0.2) is 23.9 Å². The highest BCUT2D eigenvalue weighted by Crippen LogP contribution is 2.30. The fourth-order valence-corrected chi connectivity index (χ4v) is 1.87. The van der Waals surface area contributed by atoms with Gasteiger partial charge in [0.15, 0.2) is 0 Å². The van der Waals surface area contributed by atoms with Gasteiger partial charge in [0, 0.05) is 30.7 Å². The van der Waals surface area contributed by atoms with Gasteiger partial charge in [-0.1, -0.05) is 12.2 Å². The lowest BCUT2D eigenvalue weighted by molar-refractivity contribution is 0.210. The largest absolute Gasteiger partial charge is 0.396 e. The van der Waals surface area contributed by atoms with Crippen LogP contribution in [0.4, 0.5) is 0 Å². The van der Waals surface area contributed by atoms with Gasteiger partial charge >= 0.3 is 0 Å². The molecular formula is C9H13NO. The summed E-state index contributed by atoms with van der Waals surface area (Å²) in [7, 11) is 0. The van der Waals surface area contributed by atoms with Crippen molar-refractivity contribution in [2.45, 2.75) is 6.42 Å². The molecule has 0 aromatic rings. The molecule has 0 radical (unpaired) electrons. The first-order valence-corrected chi connectivity index (χ1v) is 4.13. The van der Waals surface area contributed by atoms with E-state index >= 15 is 0 Å². The van der Waals surface area contributed by atoms with Crippen LogP contribution in [0.5, 0.6) is 0 Å². The topological polar surface area (TPSA) is 32.3 Å². The Morgan fingerprint density at radius 2 is 2.55 bits per heavy atom. The van der Waals surface area contributed by atoms with Crippen LogP contribution < -0.4 is 5.32 Å². The van der Waals surface area contributed by atoms with Crippen LogP contribution in [0.1, 0.15) is 6.42 Å². The minimum atomic E-state index is 0.308. The number of hydrogen-bond acceptors (Lipinski definition) is 2. The molecule has 2 heteroatoms. The van der Waals surface area contributed by atoms with Crippen molar-refractivity contribution in [3.63, 3.8) is 0 Å². The first-order valence-electron chi connectivity index (χ1n) is 4.13. The number of hydrogen-bond donors (Lipinski definition) is 2. The summed E-state index contributed by atoms with van der Waals surface area (Å²) in [4.78, 5) is 0. The van der Waals surface area contributed by atoms with E-state index in [1.54, 1.807) is 0 Å². The molecule has 1 aliphatic heterocycles. The molecule has 2 N–H and O–H groups in total. The zero-order chi connectivity index (χ0) is 7.68. The summed E-state index contributed by atoms with van der Waals surface area (Å²) in [5.41, 5.74) is 1.31. The molecule has 2 unspecified atom stereocenters. The van der Waals surface area contributed by atoms with Gasteiger partial charge in [0.2, 0.25) is 0 Å². The maximum absolute atomic E-state index is 9.01. The van der Waals surface area contributed by atoms with Gasteiger partial charge in [-0.2, -0.15) is 0 Å². The van der Waals surface area contributed by atoms with Crippen molar-refractivity contribution in [1.82, 2.24) is 5.32 Å². The van der Waals surface area contributed by atoms with Gasteiger partial charge in [-0.15, -0.1) is 0 Å². The molecule has 0 saturated carbocycles. The Bertz CT molecular complexity index is 208. The van der Waals surface area contributed by atoms with Gasteiger partial charge in [0.1, 0.15) is 0 Å². The Hall–Kier alpha value is -0.760. The van der Waals surface area contributed by atoms with Gasteiger partial charge in [-0.25, -0.2) is 0 Å². The second-order valence-corrected chi connectivity index (χ2v) is 3.22. The predicted molar refractivity (Wildman–Crippen MR) is 43.9 cm³/mol. The van der Waals surface area contributed by atoms with Gasteiger partial charge in [0.05, 0.1) is 0 Å². The van der Waals surface area contributed by atoms with E-state index < -0.39 is 0 Å². The molecule has 2 rings (SSSR count). The average Bonchev–Trinajstić information content (AvgIpc) is 2.47. The Morgan fingerprint density at radius 1 is 1.64 bits per heavy atom. The molecule has 0 bridgehead atoms. The van der Waals surface area contributed by atoms with Crippen LogP contribution in [-0.4, -0.2) is 18.3 Å². The number of aliphatic hydroxyl groups is 1. The molecule has 1 saturated heterocycles. The smallest absolute Gasteiger partial charge is 0.0482 e. The van der Waals surface area contributed by atoms with Crippen LogP contribution in [0, 0.1) is 11.8 Å². The number of aliphatic hydroxyl groups excluding tert-OH is 1. The standard InChI is InChI=1S/C9H13NO/c11-6-7-5-10-9-4-2-1-3-8(7)9/h1-2,4,7-8,10-11H,3,5-6H2. The first kappa shape index (κ1) is 6.92. The number of fused-ring (bicyclic) bond motifs is 1. The van der Waals surface area contributed by atoms with Gasteiger partial charge < -0.3 is 10.4 Å². The molecule has 1 fully saturated rings. The third-order valence-corrected chi connectivity index (χ3v) is 2.57. The number of nitrogens with one attached hydrogen (secondary N) is 1. The summed E-state index contributed by atoms with van der Waals surface area (Å²) in [5.74, 6) is 0.996. The van der Waals surface area contributed by atoms with Gasteiger partial charge in [-0.3, -0.25) is 0 Å². The molecule has 60 valence electrons. The van der Waals surface area contributed by atoms with Crippen LogP contribution in [0.3, 0.4) is 0 Å². The lowest BCUT2D eigenvalue weighted by Gasteiger charge is -2.16. The fourth-order valence-electron chi connectivity index (χ4n) is 1.87. The Balaban J connectivity index is 2.15. The molecule has 0 spiro atoms. The second-order valence-electron chi connectivity index (χ2n) is 3.22. The van der Waals surface area contributed by atoms with Crippen LogP contribution >= 0.6 is 0 Å². The number of rotatable bonds is 1. The Labute approximate surface area is 66.6 Å². The summed E-state index contributed by atoms with van der Waals surface area (Å²) < 4.78 is 0. The van der Waals surface area contributed by atoms with Crippen molar-refractivity contribution < 1.29 is 5.11 Å². The van der Waals surface area contributed by atoms with E-state index in [1.165, 1.54) is 5.70 Å². The molecule has 0 aromatic heterocycles. The van der Waals surface area contributed by atoms with Crippen molar-refractivity contribution in [3.8, 4) is 0 Å². The molecule has 2 atom stereocenters. The average molecular weight is 151 g/mol. The minimum Gasteiger partial charge on any atom is -0.396 e. The highest BCUT2D eigenvalue weighted by molar-refractivity contribution is 5.23. The van der Waals surface area contributed by atoms with E-state index in [0.717, 1.165) is 13.0 Å². The van der Waals surface area contributed by atoms with E-state index in [-0.39, 0.29) is 0 Å². The maximum atomic E-state index is 9.01. The van der Waals surface area contributed by atoms with Crippen molar-refractivity contribution in [2.75, 3.05) is 13.2 Å². The van der Waals surface area contributed by atoms with Crippen LogP contribution in [-0.2, 0) is 0 Å². The normalized spacial score (nSPS) is 34.5. The molecule has 2 nitrogen and oxygen atoms in total. The highest BCUT2D eigenvalue weighted by Gasteiger charge is 2.30. The zero-order valence-corrected chi connectivity index (χ0v) is 6.46. The SMILES string of the molecule is OCC1CNC2=CC=CCC21. The summed E-state index contributed by atoms with van der Waals surface area (Å²) in [6.45, 7) is 1.25. The van der Waals surface area contributed by atoms with Crippen molar-refractivity contribution in [2.24, 2.45) is 11.8 Å². The molecule has 1 heterocycles. The molecule has 0 aromatic carbocycles. The fraction of sp³-hybridized carbons (Fsp3) is 0.556. The van der Waals surface area contributed by atoms with E-state index in [1.807, 2.05) is 0 Å². The van der Waals surface area contributed by atoms with Crippen LogP contribution in [0.25, 0.3) is 0 Å². The molecule has 2 aliphatic rings.